The third kappa shape index (κ3) is 0.917. The number of nitrogens with zero attached hydrogens (tertiary/aromatic N) is 8. The van der Waals surface area contributed by atoms with E-state index in [0.29, 0.717) is 5.01 Å². The maximum absolute atomic E-state index is 10.8. The number of carbonyl (C=O) groups is 1. The molecule has 0 saturated heterocycles. The van der Waals surface area contributed by atoms with Crippen LogP contribution >= 0.6 is 11.3 Å². The van der Waals surface area contributed by atoms with Crippen LogP contribution in [0.2, 0.25) is 0 Å². The quantitative estimate of drug-likeness (QED) is 0.872. The van der Waals surface area contributed by atoms with Gasteiger partial charge in [-0.2, -0.15) is 10.2 Å². The summed E-state index contributed by atoms with van der Waals surface area (Å²) in [5.41, 5.74) is -2.85. The molecular weight excluding hydrogens is 260 g/mol. The van der Waals surface area contributed by atoms with Crippen molar-refractivity contribution in [2.45, 2.75) is 23.9 Å². The Morgan fingerprint density at radius 3 is 2.17 bits per heavy atom. The Kier molecular flexibility index (Phi) is 1.35. The van der Waals surface area contributed by atoms with Gasteiger partial charge in [-0.3, -0.25) is 0 Å². The summed E-state index contributed by atoms with van der Waals surface area (Å²) in [7, 11) is 0. The largest absolute Gasteiger partial charge is 0.476 e. The Hall–Kier alpha value is -2.17. The number of carboxylic acid groups (broad SMARTS) is 1. The summed E-state index contributed by atoms with van der Waals surface area (Å²) in [6.45, 7) is 1.76. The summed E-state index contributed by atoms with van der Waals surface area (Å²) in [5.74, 6) is -1.14. The van der Waals surface area contributed by atoms with Crippen molar-refractivity contribution in [2.75, 3.05) is 0 Å². The Morgan fingerprint density at radius 1 is 1.11 bits per heavy atom. The molecule has 0 unspecified atom stereocenters. The number of aromatic nitrogens is 2. The average Bonchev–Trinajstić information content (AvgIpc) is 3.16. The third-order valence-electron chi connectivity index (χ3n) is 3.05. The number of hydrogen-bond acceptors (Lipinski definition) is 10. The highest BCUT2D eigenvalue weighted by atomic mass is 32.1. The van der Waals surface area contributed by atoms with E-state index in [4.69, 9.17) is 5.11 Å². The van der Waals surface area contributed by atoms with Crippen LogP contribution in [-0.2, 0) is 5.66 Å². The molecule has 3 aliphatic rings. The second kappa shape index (κ2) is 2.48. The normalized spacial score (nSPS) is 26.1. The zero-order chi connectivity index (χ0) is 12.6. The van der Waals surface area contributed by atoms with Crippen LogP contribution in [0.4, 0.5) is 0 Å². The van der Waals surface area contributed by atoms with Crippen LogP contribution in [0.15, 0.2) is 30.7 Å². The van der Waals surface area contributed by atoms with Gasteiger partial charge in [0.2, 0.25) is 10.7 Å². The summed E-state index contributed by atoms with van der Waals surface area (Å²) in [6.07, 6.45) is 0. The second-order valence-corrected chi connectivity index (χ2v) is 5.16. The zero-order valence-corrected chi connectivity index (χ0v) is 9.66. The van der Waals surface area contributed by atoms with Crippen molar-refractivity contribution in [3.8, 4) is 0 Å². The van der Waals surface area contributed by atoms with E-state index in [2.05, 4.69) is 40.9 Å². The van der Waals surface area contributed by atoms with Gasteiger partial charge >= 0.3 is 5.97 Å². The second-order valence-electron chi connectivity index (χ2n) is 4.18. The van der Waals surface area contributed by atoms with E-state index < -0.39 is 23.0 Å². The van der Waals surface area contributed by atoms with Gasteiger partial charge in [0.15, 0.2) is 5.01 Å². The first-order valence-corrected chi connectivity index (χ1v) is 5.74. The maximum Gasteiger partial charge on any atom is 0.367 e. The van der Waals surface area contributed by atoms with Crippen LogP contribution in [-0.4, -0.2) is 32.6 Å². The molecule has 1 aromatic heterocycles. The highest BCUT2D eigenvalue weighted by Crippen LogP contribution is 2.65. The van der Waals surface area contributed by atoms with Crippen LogP contribution in [0, 0.1) is 0 Å². The van der Waals surface area contributed by atoms with Gasteiger partial charge in [-0.15, -0.1) is 30.7 Å². The SMILES string of the molecule is CC1(C2(C3(c4nnc(C(=O)O)s4)N=N3)N=N2)N=N1. The first-order valence-electron chi connectivity index (χ1n) is 4.92. The number of hydrogen-bond donors (Lipinski definition) is 1. The molecule has 0 aromatic carbocycles. The summed E-state index contributed by atoms with van der Waals surface area (Å²) < 4.78 is 0. The number of carboxylic acids is 1. The minimum atomic E-state index is -1.14. The monoisotopic (exact) mass is 264 g/mol. The molecule has 4 rings (SSSR count). The molecule has 0 fully saturated rings. The van der Waals surface area contributed by atoms with E-state index in [9.17, 15) is 4.79 Å². The predicted molar refractivity (Wildman–Crippen MR) is 54.3 cm³/mol. The van der Waals surface area contributed by atoms with Crippen LogP contribution in [0.1, 0.15) is 21.7 Å². The Bertz CT molecular complexity index is 657. The standard InChI is InChI=1S/C7H4N8O2S/c1-5(10-11-5)7(14-15-7)6(12-13-6)4-9-8-2(18-4)3(16)17/h1H3,(H,16,17). The fourth-order valence-corrected chi connectivity index (χ4v) is 2.60. The van der Waals surface area contributed by atoms with Crippen LogP contribution in [0.3, 0.4) is 0 Å². The Balaban J connectivity index is 1.73. The van der Waals surface area contributed by atoms with E-state index in [0.717, 1.165) is 11.3 Å². The molecule has 0 saturated carbocycles. The molecule has 0 aliphatic carbocycles. The minimum absolute atomic E-state index is 0.118. The van der Waals surface area contributed by atoms with Gasteiger partial charge in [0, 0.05) is 0 Å². The highest BCUT2D eigenvalue weighted by molar-refractivity contribution is 7.13. The van der Waals surface area contributed by atoms with Gasteiger partial charge in [0.05, 0.1) is 0 Å². The molecular formula is C7H4N8O2S. The Labute approximate surface area is 103 Å². The Morgan fingerprint density at radius 2 is 1.78 bits per heavy atom. The van der Waals surface area contributed by atoms with Gasteiger partial charge in [0.1, 0.15) is 0 Å². The lowest BCUT2D eigenvalue weighted by atomic mass is 9.91. The summed E-state index contributed by atoms with van der Waals surface area (Å²) in [5, 5.41) is 40.1. The minimum Gasteiger partial charge on any atom is -0.476 e. The first-order chi connectivity index (χ1) is 8.53. The van der Waals surface area contributed by atoms with Crippen LogP contribution in [0.25, 0.3) is 0 Å². The molecule has 0 bridgehead atoms. The van der Waals surface area contributed by atoms with Crippen molar-refractivity contribution in [1.29, 1.82) is 0 Å². The van der Waals surface area contributed by atoms with Crippen molar-refractivity contribution in [2.24, 2.45) is 30.7 Å². The molecule has 1 aromatic rings. The molecule has 0 atom stereocenters. The van der Waals surface area contributed by atoms with Crippen molar-refractivity contribution in [3.63, 3.8) is 0 Å². The van der Waals surface area contributed by atoms with Gasteiger partial charge in [-0.25, -0.2) is 4.79 Å². The van der Waals surface area contributed by atoms with Crippen LogP contribution < -0.4 is 0 Å². The molecule has 18 heavy (non-hydrogen) atoms. The van der Waals surface area contributed by atoms with Gasteiger partial charge in [-0.05, 0) is 6.92 Å². The van der Waals surface area contributed by atoms with Gasteiger partial charge in [-0.1, -0.05) is 11.3 Å². The molecule has 90 valence electrons. The lowest BCUT2D eigenvalue weighted by Crippen LogP contribution is -2.43. The lowest BCUT2D eigenvalue weighted by Gasteiger charge is -2.17. The van der Waals surface area contributed by atoms with E-state index >= 15 is 0 Å². The van der Waals surface area contributed by atoms with Crippen LogP contribution in [0.5, 0.6) is 0 Å². The smallest absolute Gasteiger partial charge is 0.367 e. The fourth-order valence-electron chi connectivity index (χ4n) is 1.80. The molecule has 0 amide bonds. The van der Waals surface area contributed by atoms with Crippen molar-refractivity contribution in [1.82, 2.24) is 10.2 Å². The average molecular weight is 264 g/mol. The fraction of sp³-hybridized carbons (Fsp3) is 0.571. The van der Waals surface area contributed by atoms with E-state index in [1.165, 1.54) is 0 Å². The topological polar surface area (TPSA) is 137 Å². The lowest BCUT2D eigenvalue weighted by molar-refractivity contribution is 0.0695. The van der Waals surface area contributed by atoms with E-state index in [-0.39, 0.29) is 5.01 Å². The summed E-state index contributed by atoms with van der Waals surface area (Å²) in [4.78, 5) is 10.8. The van der Waals surface area contributed by atoms with Crippen molar-refractivity contribution >= 4 is 17.3 Å². The van der Waals surface area contributed by atoms with Crippen molar-refractivity contribution < 1.29 is 9.90 Å². The molecule has 1 N–H and O–H groups in total. The van der Waals surface area contributed by atoms with Crippen molar-refractivity contribution in [3.05, 3.63) is 10.0 Å². The molecule has 4 heterocycles. The first kappa shape index (κ1) is 9.82. The maximum atomic E-state index is 10.8. The molecule has 3 aliphatic heterocycles. The number of aromatic carboxylic acids is 1. The van der Waals surface area contributed by atoms with E-state index in [1.807, 2.05) is 0 Å². The molecule has 0 radical (unpaired) electrons. The number of rotatable bonds is 4. The highest BCUT2D eigenvalue weighted by Gasteiger charge is 2.82. The predicted octanol–water partition coefficient (Wildman–Crippen LogP) is 1.20. The summed E-state index contributed by atoms with van der Waals surface area (Å²) in [6, 6.07) is 0. The van der Waals surface area contributed by atoms with E-state index in [1.54, 1.807) is 6.92 Å². The van der Waals surface area contributed by atoms with Gasteiger partial charge in [0.25, 0.3) is 11.3 Å². The molecule has 0 spiro atoms. The zero-order valence-electron chi connectivity index (χ0n) is 8.84. The molecule has 11 heteroatoms. The summed E-state index contributed by atoms with van der Waals surface area (Å²) >= 11 is 0.909. The van der Waals surface area contributed by atoms with Gasteiger partial charge < -0.3 is 5.11 Å². The molecule has 10 nitrogen and oxygen atoms in total. The third-order valence-corrected chi connectivity index (χ3v) is 4.06.